The van der Waals surface area contributed by atoms with E-state index in [0.717, 1.165) is 12.8 Å². The van der Waals surface area contributed by atoms with Gasteiger partial charge in [-0.15, -0.1) is 0 Å². The summed E-state index contributed by atoms with van der Waals surface area (Å²) in [5, 5.41) is 53.2. The molecule has 3 atom stereocenters. The van der Waals surface area contributed by atoms with E-state index in [1.807, 2.05) is 6.92 Å². The van der Waals surface area contributed by atoms with Crippen LogP contribution in [0.25, 0.3) is 10.8 Å². The number of aromatic hydroxyl groups is 3. The summed E-state index contributed by atoms with van der Waals surface area (Å²) in [6.45, 7) is 8.08. The number of hydrogen-bond acceptors (Lipinski definition) is 6. The number of phenolic OH excluding ortho intramolecular Hbond substituents is 2. The van der Waals surface area contributed by atoms with Crippen LogP contribution in [0.5, 0.6) is 23.1 Å². The van der Waals surface area contributed by atoms with Crippen molar-refractivity contribution in [1.29, 1.82) is 0 Å². The van der Waals surface area contributed by atoms with Crippen molar-refractivity contribution in [2.75, 3.05) is 0 Å². The number of ether oxygens (including phenoxy) is 1. The molecule has 3 aromatic rings. The highest BCUT2D eigenvalue weighted by atomic mass is 16.5. The molecule has 1 aliphatic rings. The molecule has 39 heavy (non-hydrogen) atoms. The molecule has 8 nitrogen and oxygen atoms in total. The Morgan fingerprint density at radius 2 is 1.79 bits per heavy atom. The van der Waals surface area contributed by atoms with Crippen molar-refractivity contribution < 1.29 is 35.1 Å². The van der Waals surface area contributed by atoms with E-state index in [4.69, 9.17) is 4.74 Å². The van der Waals surface area contributed by atoms with Crippen LogP contribution in [0.1, 0.15) is 70.5 Å². The van der Waals surface area contributed by atoms with Gasteiger partial charge < -0.3 is 30.3 Å². The van der Waals surface area contributed by atoms with E-state index < -0.39 is 23.7 Å². The van der Waals surface area contributed by atoms with Crippen LogP contribution >= 0.6 is 0 Å². The number of aliphatic carboxylic acids is 1. The molecular formula is C31H37NO7. The van der Waals surface area contributed by atoms with Crippen molar-refractivity contribution in [3.05, 3.63) is 71.0 Å². The van der Waals surface area contributed by atoms with Crippen molar-refractivity contribution in [3.8, 4) is 23.1 Å². The minimum absolute atomic E-state index is 0.00653. The molecule has 0 radical (unpaired) electrons. The molecule has 0 saturated heterocycles. The number of fused-ring (bicyclic) bond motifs is 3. The Bertz CT molecular complexity index is 1430. The van der Waals surface area contributed by atoms with Crippen LogP contribution in [0, 0.1) is 0 Å². The third kappa shape index (κ3) is 5.76. The van der Waals surface area contributed by atoms with Crippen molar-refractivity contribution in [2.24, 2.45) is 0 Å². The number of allylic oxidation sites excluding steroid dienone is 4. The average Bonchev–Trinajstić information content (AvgIpc) is 3.17. The second-order valence-corrected chi connectivity index (χ2v) is 10.9. The van der Waals surface area contributed by atoms with Gasteiger partial charge in [0.05, 0.1) is 11.5 Å². The monoisotopic (exact) mass is 535 g/mol. The molecule has 2 unspecified atom stereocenters. The smallest absolute Gasteiger partial charge is 0.331 e. The molecule has 0 aliphatic carbocycles. The minimum Gasteiger partial charge on any atom is -0.508 e. The fourth-order valence-corrected chi connectivity index (χ4v) is 5.17. The van der Waals surface area contributed by atoms with Gasteiger partial charge in [0, 0.05) is 23.6 Å². The summed E-state index contributed by atoms with van der Waals surface area (Å²) in [6.07, 6.45) is 8.32. The van der Waals surface area contributed by atoms with Gasteiger partial charge in [0.25, 0.3) is 0 Å². The number of aliphatic hydroxyl groups is 1. The SMILES string of the molecule is CC(C)=CCCC(C)=CCCC1(C)Oc2c(c(O)cc3c(O)n([C@@H](C(=O)O)c4ccc(O)cc4)cc23)CC1O. The van der Waals surface area contributed by atoms with Crippen LogP contribution in [0.4, 0.5) is 0 Å². The first-order valence-electron chi connectivity index (χ1n) is 13.2. The molecule has 2 aromatic carbocycles. The minimum atomic E-state index is -1.28. The van der Waals surface area contributed by atoms with Gasteiger partial charge in [0.2, 0.25) is 0 Å². The van der Waals surface area contributed by atoms with Crippen LogP contribution in [-0.2, 0) is 11.2 Å². The largest absolute Gasteiger partial charge is 0.508 e. The predicted molar refractivity (Wildman–Crippen MR) is 150 cm³/mol. The molecule has 1 aromatic heterocycles. The summed E-state index contributed by atoms with van der Waals surface area (Å²) in [4.78, 5) is 12.3. The molecule has 208 valence electrons. The van der Waals surface area contributed by atoms with E-state index in [0.29, 0.717) is 35.1 Å². The molecule has 0 fully saturated rings. The van der Waals surface area contributed by atoms with E-state index in [2.05, 4.69) is 32.9 Å². The van der Waals surface area contributed by atoms with Gasteiger partial charge in [-0.1, -0.05) is 35.4 Å². The molecule has 0 spiro atoms. The van der Waals surface area contributed by atoms with Gasteiger partial charge in [0.15, 0.2) is 11.9 Å². The Kier molecular flexibility index (Phi) is 7.97. The van der Waals surface area contributed by atoms with Gasteiger partial charge in [-0.2, -0.15) is 0 Å². The highest BCUT2D eigenvalue weighted by molar-refractivity contribution is 5.96. The van der Waals surface area contributed by atoms with Gasteiger partial charge in [0.1, 0.15) is 22.8 Å². The molecule has 0 saturated carbocycles. The van der Waals surface area contributed by atoms with Crippen molar-refractivity contribution in [1.82, 2.24) is 4.57 Å². The third-order valence-corrected chi connectivity index (χ3v) is 7.54. The molecule has 1 aliphatic heterocycles. The Labute approximate surface area is 228 Å². The first kappa shape index (κ1) is 28.1. The normalized spacial score (nSPS) is 19.8. The van der Waals surface area contributed by atoms with Crippen molar-refractivity contribution in [2.45, 2.75) is 77.5 Å². The zero-order chi connectivity index (χ0) is 28.5. The fraction of sp³-hybridized carbons (Fsp3) is 0.387. The Balaban J connectivity index is 1.68. The molecule has 2 heterocycles. The summed E-state index contributed by atoms with van der Waals surface area (Å²) in [7, 11) is 0. The highest BCUT2D eigenvalue weighted by Gasteiger charge is 2.42. The predicted octanol–water partition coefficient (Wildman–Crippen LogP) is 5.96. The lowest BCUT2D eigenvalue weighted by Crippen LogP contribution is -2.48. The molecule has 8 heteroatoms. The molecular weight excluding hydrogens is 498 g/mol. The lowest BCUT2D eigenvalue weighted by Gasteiger charge is -2.40. The number of benzene rings is 2. The number of aromatic nitrogens is 1. The number of nitrogens with zero attached hydrogens (tertiary/aromatic N) is 1. The Morgan fingerprint density at radius 1 is 1.10 bits per heavy atom. The summed E-state index contributed by atoms with van der Waals surface area (Å²) in [5.41, 5.74) is 2.36. The summed E-state index contributed by atoms with van der Waals surface area (Å²) < 4.78 is 7.61. The maximum atomic E-state index is 12.3. The number of carbonyl (C=O) groups is 1. The second kappa shape index (κ2) is 11.1. The van der Waals surface area contributed by atoms with Crippen LogP contribution in [0.15, 0.2) is 59.8 Å². The molecule has 0 amide bonds. The van der Waals surface area contributed by atoms with Crippen LogP contribution in [0.3, 0.4) is 0 Å². The Hall–Kier alpha value is -3.91. The summed E-state index contributed by atoms with van der Waals surface area (Å²) in [6, 6.07) is 5.80. The van der Waals surface area contributed by atoms with E-state index >= 15 is 0 Å². The van der Waals surface area contributed by atoms with Gasteiger partial charge in [-0.05, 0) is 77.1 Å². The van der Waals surface area contributed by atoms with Crippen molar-refractivity contribution in [3.63, 3.8) is 0 Å². The molecule has 0 bridgehead atoms. The van der Waals surface area contributed by atoms with E-state index in [-0.39, 0.29) is 29.2 Å². The van der Waals surface area contributed by atoms with Crippen molar-refractivity contribution >= 4 is 16.7 Å². The first-order valence-corrected chi connectivity index (χ1v) is 13.2. The summed E-state index contributed by atoms with van der Waals surface area (Å²) >= 11 is 0. The highest BCUT2D eigenvalue weighted by Crippen LogP contribution is 2.48. The van der Waals surface area contributed by atoms with E-state index in [1.54, 1.807) is 0 Å². The Morgan fingerprint density at radius 3 is 2.44 bits per heavy atom. The number of phenols is 2. The number of rotatable bonds is 9. The molecule has 5 N–H and O–H groups in total. The number of aliphatic hydroxyl groups excluding tert-OH is 1. The number of hydrogen-bond donors (Lipinski definition) is 5. The second-order valence-electron chi connectivity index (χ2n) is 10.9. The van der Waals surface area contributed by atoms with Gasteiger partial charge >= 0.3 is 5.97 Å². The van der Waals surface area contributed by atoms with Crippen LogP contribution < -0.4 is 4.74 Å². The quantitative estimate of drug-likeness (QED) is 0.214. The van der Waals surface area contributed by atoms with Gasteiger partial charge in [-0.3, -0.25) is 4.57 Å². The topological polar surface area (TPSA) is 132 Å². The number of carboxylic acids is 1. The lowest BCUT2D eigenvalue weighted by atomic mass is 9.84. The van der Waals surface area contributed by atoms with Crippen LogP contribution in [0.2, 0.25) is 0 Å². The fourth-order valence-electron chi connectivity index (χ4n) is 5.17. The molecule has 4 rings (SSSR count). The lowest BCUT2D eigenvalue weighted by molar-refractivity contribution is -0.139. The zero-order valence-corrected chi connectivity index (χ0v) is 22.8. The van der Waals surface area contributed by atoms with Gasteiger partial charge in [-0.25, -0.2) is 4.79 Å². The maximum Gasteiger partial charge on any atom is 0.331 e. The third-order valence-electron chi connectivity index (χ3n) is 7.54. The van der Waals surface area contributed by atoms with Crippen LogP contribution in [-0.4, -0.2) is 47.8 Å². The number of carboxylic acid groups (broad SMARTS) is 1. The average molecular weight is 536 g/mol. The maximum absolute atomic E-state index is 12.3. The summed E-state index contributed by atoms with van der Waals surface area (Å²) in [5.74, 6) is -1.37. The van der Waals surface area contributed by atoms with E-state index in [1.165, 1.54) is 52.2 Å². The standard InChI is InChI=1S/C31H37NO7/c1-18(2)7-5-8-19(3)9-6-14-31(4)26(35)16-23-25(34)15-22-24(28(23)39-31)17-32(29(22)36)27(30(37)38)20-10-12-21(33)13-11-20/h7,9-13,15,17,26-27,33-36H,5-6,8,14,16H2,1-4H3,(H,37,38)/t26?,27-,31?/m1/s1. The zero-order valence-electron chi connectivity index (χ0n) is 22.8. The van der Waals surface area contributed by atoms with E-state index in [9.17, 15) is 30.3 Å². The first-order chi connectivity index (χ1) is 18.4.